The summed E-state index contributed by atoms with van der Waals surface area (Å²) in [6.07, 6.45) is 0.396. The molecule has 1 atom stereocenters. The molecule has 2 aromatic carbocycles. The molecular formula is C17H18ClNO6S. The first-order valence-electron chi connectivity index (χ1n) is 7.83. The molecule has 26 heavy (non-hydrogen) atoms. The van der Waals surface area contributed by atoms with E-state index >= 15 is 0 Å². The van der Waals surface area contributed by atoms with Gasteiger partial charge < -0.3 is 20.6 Å². The van der Waals surface area contributed by atoms with Gasteiger partial charge in [-0.05, 0) is 47.9 Å². The van der Waals surface area contributed by atoms with Gasteiger partial charge in [0.1, 0.15) is 5.75 Å². The van der Waals surface area contributed by atoms with Crippen molar-refractivity contribution < 1.29 is 28.3 Å². The lowest BCUT2D eigenvalue weighted by molar-refractivity contribution is 0.400. The molecule has 1 heterocycles. The van der Waals surface area contributed by atoms with Crippen LogP contribution >= 0.6 is 11.6 Å². The SMILES string of the molecule is O=S(=O)(O)CC1(c2ccc(O)cc2)CNCCc2c1cc(O)c(O)c2Cl. The number of fused-ring (bicyclic) bond motifs is 1. The summed E-state index contributed by atoms with van der Waals surface area (Å²) >= 11 is 6.21. The van der Waals surface area contributed by atoms with Crippen molar-refractivity contribution in [3.63, 3.8) is 0 Å². The van der Waals surface area contributed by atoms with Crippen molar-refractivity contribution in [2.24, 2.45) is 0 Å². The van der Waals surface area contributed by atoms with E-state index in [4.69, 9.17) is 11.6 Å². The molecule has 0 radical (unpaired) electrons. The fourth-order valence-electron chi connectivity index (χ4n) is 3.51. The van der Waals surface area contributed by atoms with Crippen molar-refractivity contribution >= 4 is 21.7 Å². The third-order valence-electron chi connectivity index (χ3n) is 4.66. The summed E-state index contributed by atoms with van der Waals surface area (Å²) in [6.45, 7) is 0.605. The standard InChI is InChI=1S/C17H18ClNO6S/c18-15-12-5-6-19-8-17(9-26(23,24)25,10-1-3-11(20)4-2-10)13(12)7-14(21)16(15)22/h1-4,7,19-22H,5-6,8-9H2,(H,23,24,25). The predicted octanol–water partition coefficient (Wildman–Crippen LogP) is 1.78. The molecule has 2 aromatic rings. The number of benzene rings is 2. The lowest BCUT2D eigenvalue weighted by Crippen LogP contribution is -2.44. The Bertz CT molecular complexity index is 945. The Balaban J connectivity index is 2.36. The summed E-state index contributed by atoms with van der Waals surface area (Å²) in [5.74, 6) is -1.61. The summed E-state index contributed by atoms with van der Waals surface area (Å²) in [5, 5.41) is 32.7. The van der Waals surface area contributed by atoms with E-state index in [9.17, 15) is 28.3 Å². The van der Waals surface area contributed by atoms with E-state index in [1.54, 1.807) is 12.1 Å². The van der Waals surface area contributed by atoms with Crippen LogP contribution in [0.2, 0.25) is 5.02 Å². The molecule has 0 aliphatic carbocycles. The Morgan fingerprint density at radius 2 is 1.81 bits per heavy atom. The molecule has 0 amide bonds. The fourth-order valence-corrected chi connectivity index (χ4v) is 4.85. The second kappa shape index (κ2) is 6.62. The van der Waals surface area contributed by atoms with E-state index in [0.29, 0.717) is 29.7 Å². The fraction of sp³-hybridized carbons (Fsp3) is 0.294. The number of phenols is 3. The highest BCUT2D eigenvalue weighted by atomic mass is 35.5. The molecule has 1 aliphatic rings. The van der Waals surface area contributed by atoms with Crippen molar-refractivity contribution in [2.75, 3.05) is 18.8 Å². The molecule has 0 saturated heterocycles. The minimum absolute atomic E-state index is 0.00384. The lowest BCUT2D eigenvalue weighted by Gasteiger charge is -2.34. The number of nitrogens with one attached hydrogen (secondary N) is 1. The van der Waals surface area contributed by atoms with E-state index < -0.39 is 32.8 Å². The van der Waals surface area contributed by atoms with Gasteiger partial charge in [0.05, 0.1) is 10.8 Å². The van der Waals surface area contributed by atoms with Gasteiger partial charge in [-0.25, -0.2) is 0 Å². The van der Waals surface area contributed by atoms with Gasteiger partial charge >= 0.3 is 0 Å². The van der Waals surface area contributed by atoms with Gasteiger partial charge in [-0.1, -0.05) is 23.7 Å². The van der Waals surface area contributed by atoms with Gasteiger partial charge in [-0.15, -0.1) is 0 Å². The van der Waals surface area contributed by atoms with Crippen molar-refractivity contribution in [3.05, 3.63) is 52.0 Å². The number of hydrogen-bond acceptors (Lipinski definition) is 6. The zero-order chi connectivity index (χ0) is 19.1. The molecule has 140 valence electrons. The lowest BCUT2D eigenvalue weighted by atomic mass is 9.74. The molecule has 0 saturated carbocycles. The average molecular weight is 400 g/mol. The van der Waals surface area contributed by atoms with Crippen LogP contribution in [0.15, 0.2) is 30.3 Å². The average Bonchev–Trinajstić information content (AvgIpc) is 2.73. The van der Waals surface area contributed by atoms with Crippen molar-refractivity contribution in [1.29, 1.82) is 0 Å². The molecule has 0 spiro atoms. The maximum Gasteiger partial charge on any atom is 0.266 e. The quantitative estimate of drug-likeness (QED) is 0.393. The Labute approximate surface area is 155 Å². The molecule has 5 N–H and O–H groups in total. The smallest absolute Gasteiger partial charge is 0.266 e. The van der Waals surface area contributed by atoms with Gasteiger partial charge in [-0.3, -0.25) is 4.55 Å². The van der Waals surface area contributed by atoms with Crippen LogP contribution in [0.1, 0.15) is 16.7 Å². The highest BCUT2D eigenvalue weighted by molar-refractivity contribution is 7.85. The maximum atomic E-state index is 11.8. The molecule has 1 unspecified atom stereocenters. The Kier molecular flexibility index (Phi) is 4.78. The zero-order valence-corrected chi connectivity index (χ0v) is 15.2. The molecule has 1 aliphatic heterocycles. The first kappa shape index (κ1) is 18.8. The van der Waals surface area contributed by atoms with Crippen LogP contribution in [0.5, 0.6) is 17.2 Å². The van der Waals surface area contributed by atoms with Crippen LogP contribution in [0.3, 0.4) is 0 Å². The number of phenolic OH excluding ortho intramolecular Hbond substituents is 3. The highest BCUT2D eigenvalue weighted by Gasteiger charge is 2.42. The van der Waals surface area contributed by atoms with Gasteiger partial charge in [0, 0.05) is 12.0 Å². The van der Waals surface area contributed by atoms with Crippen LogP contribution in [0.25, 0.3) is 0 Å². The molecular weight excluding hydrogens is 382 g/mol. The van der Waals surface area contributed by atoms with Gasteiger partial charge in [0.25, 0.3) is 10.1 Å². The Morgan fingerprint density at radius 1 is 1.15 bits per heavy atom. The second-order valence-electron chi connectivity index (χ2n) is 6.37. The largest absolute Gasteiger partial charge is 0.508 e. The maximum absolute atomic E-state index is 11.8. The zero-order valence-electron chi connectivity index (χ0n) is 13.6. The first-order chi connectivity index (χ1) is 12.1. The van der Waals surface area contributed by atoms with Crippen LogP contribution in [0, 0.1) is 0 Å². The normalized spacial score (nSPS) is 20.4. The molecule has 7 nitrogen and oxygen atoms in total. The molecule has 3 rings (SSSR count). The van der Waals surface area contributed by atoms with Crippen LogP contribution < -0.4 is 5.32 Å². The highest BCUT2D eigenvalue weighted by Crippen LogP contribution is 2.46. The summed E-state index contributed by atoms with van der Waals surface area (Å²) in [5.41, 5.74) is 0.113. The minimum Gasteiger partial charge on any atom is -0.508 e. The van der Waals surface area contributed by atoms with E-state index in [2.05, 4.69) is 5.32 Å². The van der Waals surface area contributed by atoms with Gasteiger partial charge in [-0.2, -0.15) is 8.42 Å². The van der Waals surface area contributed by atoms with E-state index in [1.165, 1.54) is 18.2 Å². The molecule has 0 bridgehead atoms. The van der Waals surface area contributed by atoms with E-state index in [1.807, 2.05) is 0 Å². The van der Waals surface area contributed by atoms with Gasteiger partial charge in [0.15, 0.2) is 11.5 Å². The Hall–Kier alpha value is -2.00. The summed E-state index contributed by atoms with van der Waals surface area (Å²) < 4.78 is 33.3. The molecule has 0 fully saturated rings. The summed E-state index contributed by atoms with van der Waals surface area (Å²) in [7, 11) is -4.42. The third-order valence-corrected chi connectivity index (χ3v) is 5.93. The Morgan fingerprint density at radius 3 is 2.42 bits per heavy atom. The predicted molar refractivity (Wildman–Crippen MR) is 96.7 cm³/mol. The van der Waals surface area contributed by atoms with Crippen LogP contribution in [-0.4, -0.2) is 47.1 Å². The van der Waals surface area contributed by atoms with Crippen molar-refractivity contribution in [2.45, 2.75) is 11.8 Å². The number of halogens is 1. The summed E-state index contributed by atoms with van der Waals surface area (Å²) in [4.78, 5) is 0. The van der Waals surface area contributed by atoms with E-state index in [0.717, 1.165) is 0 Å². The van der Waals surface area contributed by atoms with Gasteiger partial charge in [0.2, 0.25) is 0 Å². The molecule has 9 heteroatoms. The van der Waals surface area contributed by atoms with E-state index in [-0.39, 0.29) is 17.3 Å². The van der Waals surface area contributed by atoms with Crippen LogP contribution in [0.4, 0.5) is 0 Å². The topological polar surface area (TPSA) is 127 Å². The second-order valence-corrected chi connectivity index (χ2v) is 8.20. The van der Waals surface area contributed by atoms with Crippen molar-refractivity contribution in [3.8, 4) is 17.2 Å². The number of rotatable bonds is 3. The van der Waals surface area contributed by atoms with Crippen LogP contribution in [-0.2, 0) is 22.0 Å². The number of aromatic hydroxyl groups is 3. The monoisotopic (exact) mass is 399 g/mol. The molecule has 0 aromatic heterocycles. The summed E-state index contributed by atoms with van der Waals surface area (Å²) in [6, 6.07) is 7.20. The third kappa shape index (κ3) is 3.33. The van der Waals surface area contributed by atoms with Crippen molar-refractivity contribution in [1.82, 2.24) is 5.32 Å². The minimum atomic E-state index is -4.42. The first-order valence-corrected chi connectivity index (χ1v) is 9.82. The number of hydrogen-bond donors (Lipinski definition) is 5.